The van der Waals surface area contributed by atoms with E-state index in [4.69, 9.17) is 14.7 Å². The topological polar surface area (TPSA) is 114 Å². The van der Waals surface area contributed by atoms with Gasteiger partial charge in [-0.25, -0.2) is 14.2 Å². The zero-order chi connectivity index (χ0) is 28.7. The van der Waals surface area contributed by atoms with Crippen LogP contribution in [0.1, 0.15) is 57.6 Å². The first-order valence-electron chi connectivity index (χ1n) is 12.5. The number of esters is 1. The van der Waals surface area contributed by atoms with E-state index in [1.807, 2.05) is 20.8 Å². The zero-order valence-corrected chi connectivity index (χ0v) is 24.3. The number of nitrogens with zero attached hydrogens (tertiary/aromatic N) is 3. The maximum Gasteiger partial charge on any atom is 0.410 e. The molecule has 39 heavy (non-hydrogen) atoms. The number of methoxy groups -OCH3 is 2. The molecule has 1 aliphatic heterocycles. The Kier molecular flexibility index (Phi) is 9.98. The van der Waals surface area contributed by atoms with Gasteiger partial charge in [0.2, 0.25) is 5.88 Å². The molecule has 1 amide bonds. The standard InChI is InChI=1S/C28H32BrFN4O5/c1-28(2,3)39-27(36)34-14-12-18(16-34)32-24-19(10-6-7-11-21(35)37-4)26(38-5)33-25-20(24)15-17(9-8-13-31)22(29)23(25)30/h15,18H,7-9,11-12,14,16H2,1-5H3,(H,32,33). The van der Waals surface area contributed by atoms with E-state index in [0.717, 1.165) is 0 Å². The molecule has 0 saturated carbocycles. The van der Waals surface area contributed by atoms with Crippen molar-refractivity contribution in [3.8, 4) is 23.8 Å². The van der Waals surface area contributed by atoms with Gasteiger partial charge in [-0.15, -0.1) is 0 Å². The molecule has 1 unspecified atom stereocenters. The average Bonchev–Trinajstić information content (AvgIpc) is 3.36. The molecule has 0 spiro atoms. The number of aryl methyl sites for hydroxylation is 1. The summed E-state index contributed by atoms with van der Waals surface area (Å²) in [6, 6.07) is 3.69. The number of pyridine rings is 1. The number of carbonyl (C=O) groups excluding carboxylic acids is 2. The van der Waals surface area contributed by atoms with Gasteiger partial charge >= 0.3 is 12.1 Å². The van der Waals surface area contributed by atoms with Gasteiger partial charge < -0.3 is 24.4 Å². The van der Waals surface area contributed by atoms with Crippen LogP contribution in [0.4, 0.5) is 14.9 Å². The van der Waals surface area contributed by atoms with E-state index in [0.29, 0.717) is 48.1 Å². The Morgan fingerprint density at radius 2 is 2.05 bits per heavy atom. The number of nitriles is 1. The Hall–Kier alpha value is -3.57. The van der Waals surface area contributed by atoms with Crippen molar-refractivity contribution in [3.63, 3.8) is 0 Å². The number of hydrogen-bond donors (Lipinski definition) is 1. The number of anilines is 1. The minimum atomic E-state index is -0.616. The Morgan fingerprint density at radius 3 is 2.69 bits per heavy atom. The van der Waals surface area contributed by atoms with E-state index in [1.165, 1.54) is 14.2 Å². The van der Waals surface area contributed by atoms with Gasteiger partial charge in [0.25, 0.3) is 0 Å². The molecule has 3 rings (SSSR count). The molecule has 2 aromatic rings. The first-order chi connectivity index (χ1) is 18.5. The summed E-state index contributed by atoms with van der Waals surface area (Å²) in [5, 5.41) is 13.0. The van der Waals surface area contributed by atoms with Crippen molar-refractivity contribution in [2.45, 2.75) is 64.5 Å². The van der Waals surface area contributed by atoms with Crippen molar-refractivity contribution >= 4 is 44.6 Å². The zero-order valence-electron chi connectivity index (χ0n) is 22.7. The van der Waals surface area contributed by atoms with E-state index < -0.39 is 17.5 Å². The molecule has 1 aromatic carbocycles. The van der Waals surface area contributed by atoms with Crippen molar-refractivity contribution in [3.05, 3.63) is 27.5 Å². The Morgan fingerprint density at radius 1 is 1.31 bits per heavy atom. The third-order valence-electron chi connectivity index (χ3n) is 5.99. The molecule has 11 heteroatoms. The number of halogens is 2. The second-order valence-corrected chi connectivity index (χ2v) is 10.8. The molecular weight excluding hydrogens is 571 g/mol. The fourth-order valence-electron chi connectivity index (χ4n) is 4.15. The van der Waals surface area contributed by atoms with Crippen molar-refractivity contribution in [2.75, 3.05) is 32.6 Å². The molecule has 208 valence electrons. The molecule has 0 aliphatic carbocycles. The minimum absolute atomic E-state index is 0.0732. The van der Waals surface area contributed by atoms with Gasteiger partial charge in [-0.1, -0.05) is 11.8 Å². The maximum absolute atomic E-state index is 15.6. The summed E-state index contributed by atoms with van der Waals surface area (Å²) < 4.78 is 31.5. The number of fused-ring (bicyclic) bond motifs is 1. The van der Waals surface area contributed by atoms with Gasteiger partial charge in [0.15, 0.2) is 5.82 Å². The highest BCUT2D eigenvalue weighted by Crippen LogP contribution is 2.38. The number of benzene rings is 1. The summed E-state index contributed by atoms with van der Waals surface area (Å²) >= 11 is 3.31. The quantitative estimate of drug-likeness (QED) is 0.334. The number of nitrogens with one attached hydrogen (secondary N) is 1. The lowest BCUT2D eigenvalue weighted by molar-refractivity contribution is -0.140. The lowest BCUT2D eigenvalue weighted by Gasteiger charge is -2.25. The molecule has 9 nitrogen and oxygen atoms in total. The monoisotopic (exact) mass is 602 g/mol. The van der Waals surface area contributed by atoms with Crippen LogP contribution < -0.4 is 10.1 Å². The number of carbonyl (C=O) groups is 2. The van der Waals surface area contributed by atoms with Gasteiger partial charge in [0.05, 0.1) is 36.9 Å². The highest BCUT2D eigenvalue weighted by atomic mass is 79.9. The molecule has 1 aromatic heterocycles. The van der Waals surface area contributed by atoms with E-state index in [-0.39, 0.29) is 47.1 Å². The van der Waals surface area contributed by atoms with E-state index in [1.54, 1.807) is 11.0 Å². The van der Waals surface area contributed by atoms with Gasteiger partial charge in [0, 0.05) is 37.4 Å². The van der Waals surface area contributed by atoms with Crippen molar-refractivity contribution in [1.82, 2.24) is 9.88 Å². The van der Waals surface area contributed by atoms with Crippen molar-refractivity contribution in [2.24, 2.45) is 0 Å². The normalized spacial score (nSPS) is 14.8. The fraction of sp³-hybridized carbons (Fsp3) is 0.500. The second kappa shape index (κ2) is 13.0. The number of hydrogen-bond acceptors (Lipinski definition) is 8. The van der Waals surface area contributed by atoms with Gasteiger partial charge in [-0.05, 0) is 61.2 Å². The van der Waals surface area contributed by atoms with Crippen LogP contribution in [-0.4, -0.2) is 60.9 Å². The molecule has 2 heterocycles. The summed E-state index contributed by atoms with van der Waals surface area (Å²) in [5.41, 5.74) is 0.975. The van der Waals surface area contributed by atoms with Crippen LogP contribution in [0, 0.1) is 29.0 Å². The summed E-state index contributed by atoms with van der Waals surface area (Å²) in [6.07, 6.45) is 1.13. The van der Waals surface area contributed by atoms with Crippen LogP contribution in [0.5, 0.6) is 5.88 Å². The molecule has 1 fully saturated rings. The van der Waals surface area contributed by atoms with Crippen LogP contribution in [0.15, 0.2) is 10.5 Å². The van der Waals surface area contributed by atoms with Gasteiger partial charge in [-0.2, -0.15) is 5.26 Å². The minimum Gasteiger partial charge on any atom is -0.480 e. The number of likely N-dealkylation sites (tertiary alicyclic amines) is 1. The van der Waals surface area contributed by atoms with Crippen LogP contribution in [-0.2, 0) is 20.7 Å². The maximum atomic E-state index is 15.6. The predicted molar refractivity (Wildman–Crippen MR) is 148 cm³/mol. The average molecular weight is 603 g/mol. The molecule has 1 N–H and O–H groups in total. The summed E-state index contributed by atoms with van der Waals surface area (Å²) in [7, 11) is 2.73. The lowest BCUT2D eigenvalue weighted by atomic mass is 10.0. The van der Waals surface area contributed by atoms with E-state index >= 15 is 4.39 Å². The summed E-state index contributed by atoms with van der Waals surface area (Å²) in [5.74, 6) is 5.16. The van der Waals surface area contributed by atoms with Crippen LogP contribution in [0.3, 0.4) is 0 Å². The number of aromatic nitrogens is 1. The SMILES string of the molecule is COC(=O)CCC#Cc1c(OC)nc2c(F)c(Br)c(CCC#N)cc2c1NC1CCN(C(=O)OC(C)(C)C)C1. The fourth-order valence-corrected chi connectivity index (χ4v) is 4.65. The van der Waals surface area contributed by atoms with Gasteiger partial charge in [-0.3, -0.25) is 4.79 Å². The number of rotatable bonds is 7. The summed E-state index contributed by atoms with van der Waals surface area (Å²) in [6.45, 7) is 6.30. The third-order valence-corrected chi connectivity index (χ3v) is 6.84. The van der Waals surface area contributed by atoms with Crippen molar-refractivity contribution in [1.29, 1.82) is 5.26 Å². The molecule has 1 aliphatic rings. The summed E-state index contributed by atoms with van der Waals surface area (Å²) in [4.78, 5) is 30.2. The number of ether oxygens (including phenoxy) is 3. The van der Waals surface area contributed by atoms with E-state index in [9.17, 15) is 9.59 Å². The highest BCUT2D eigenvalue weighted by molar-refractivity contribution is 9.10. The Balaban J connectivity index is 2.08. The predicted octanol–water partition coefficient (Wildman–Crippen LogP) is 5.33. The molecule has 0 bridgehead atoms. The molecular formula is C28H32BrFN4O5. The Labute approximate surface area is 236 Å². The van der Waals surface area contributed by atoms with Crippen molar-refractivity contribution < 1.29 is 28.2 Å². The highest BCUT2D eigenvalue weighted by Gasteiger charge is 2.31. The van der Waals surface area contributed by atoms with Gasteiger partial charge in [0.1, 0.15) is 16.7 Å². The largest absolute Gasteiger partial charge is 0.480 e. The lowest BCUT2D eigenvalue weighted by Crippen LogP contribution is -2.36. The first-order valence-corrected chi connectivity index (χ1v) is 13.3. The molecule has 1 atom stereocenters. The smallest absolute Gasteiger partial charge is 0.410 e. The Bertz CT molecular complexity index is 1360. The third kappa shape index (κ3) is 7.51. The molecule has 0 radical (unpaired) electrons. The van der Waals surface area contributed by atoms with Crippen LogP contribution in [0.2, 0.25) is 0 Å². The van der Waals surface area contributed by atoms with Crippen LogP contribution in [0.25, 0.3) is 10.9 Å². The first kappa shape index (κ1) is 30.0. The second-order valence-electron chi connectivity index (χ2n) is 10.0. The van der Waals surface area contributed by atoms with Crippen LogP contribution >= 0.6 is 15.9 Å². The molecule has 1 saturated heterocycles. The van der Waals surface area contributed by atoms with E-state index in [2.05, 4.69) is 48.9 Å². The number of amides is 1.